The third kappa shape index (κ3) is 5.19. The lowest BCUT2D eigenvalue weighted by Crippen LogP contribution is -2.46. The summed E-state index contributed by atoms with van der Waals surface area (Å²) in [6.07, 6.45) is 0.280. The van der Waals surface area contributed by atoms with E-state index in [-0.39, 0.29) is 11.6 Å². The average molecular weight is 384 g/mol. The van der Waals surface area contributed by atoms with Crippen molar-refractivity contribution >= 4 is 6.09 Å². The molecule has 1 aliphatic heterocycles. The highest BCUT2D eigenvalue weighted by molar-refractivity contribution is 5.68. The Kier molecular flexibility index (Phi) is 5.84. The zero-order chi connectivity index (χ0) is 20.3. The van der Waals surface area contributed by atoms with E-state index < -0.39 is 11.7 Å². The van der Waals surface area contributed by atoms with Gasteiger partial charge in [0, 0.05) is 37.7 Å². The molecule has 7 nitrogen and oxygen atoms in total. The summed E-state index contributed by atoms with van der Waals surface area (Å²) in [5.74, 6) is 0.609. The van der Waals surface area contributed by atoms with Crippen LogP contribution in [0.2, 0.25) is 0 Å². The Hall–Kier alpha value is -2.67. The van der Waals surface area contributed by atoms with E-state index in [0.29, 0.717) is 30.9 Å². The van der Waals surface area contributed by atoms with Crippen LogP contribution < -0.4 is 10.9 Å². The molecule has 150 valence electrons. The zero-order valence-electron chi connectivity index (χ0n) is 16.9. The van der Waals surface area contributed by atoms with Gasteiger partial charge in [0.05, 0.1) is 11.3 Å². The van der Waals surface area contributed by atoms with Crippen molar-refractivity contribution in [2.45, 2.75) is 52.3 Å². The van der Waals surface area contributed by atoms with Gasteiger partial charge in [-0.2, -0.15) is 0 Å². The molecule has 0 fully saturated rings. The molecule has 0 bridgehead atoms. The van der Waals surface area contributed by atoms with Crippen LogP contribution in [-0.2, 0) is 17.7 Å². The van der Waals surface area contributed by atoms with E-state index in [4.69, 9.17) is 4.74 Å². The largest absolute Gasteiger partial charge is 0.444 e. The van der Waals surface area contributed by atoms with Crippen molar-refractivity contribution in [1.29, 1.82) is 0 Å². The van der Waals surface area contributed by atoms with Gasteiger partial charge in [0.2, 0.25) is 0 Å². The van der Waals surface area contributed by atoms with Crippen molar-refractivity contribution in [3.05, 3.63) is 51.9 Å². The number of nitrogens with zero attached hydrogens (tertiary/aromatic N) is 2. The summed E-state index contributed by atoms with van der Waals surface area (Å²) in [6, 6.07) is 9.57. The second-order valence-electron chi connectivity index (χ2n) is 8.24. The molecule has 2 aromatic rings. The molecule has 2 N–H and O–H groups in total. The molecule has 1 atom stereocenters. The average Bonchev–Trinajstić information content (AvgIpc) is 2.61. The SMILES string of the molecule is CC(CN1CCc2nc(-c3ccccc3)[nH]c(=O)c2C1)NC(=O)OC(C)(C)C. The molecule has 0 spiro atoms. The number of fused-ring (bicyclic) bond motifs is 1. The Morgan fingerprint density at radius 1 is 1.32 bits per heavy atom. The summed E-state index contributed by atoms with van der Waals surface area (Å²) in [5.41, 5.74) is 1.84. The van der Waals surface area contributed by atoms with Gasteiger partial charge in [-0.05, 0) is 27.7 Å². The molecule has 28 heavy (non-hydrogen) atoms. The number of rotatable bonds is 4. The Balaban J connectivity index is 1.65. The summed E-state index contributed by atoms with van der Waals surface area (Å²) in [5, 5.41) is 2.85. The lowest BCUT2D eigenvalue weighted by molar-refractivity contribution is 0.0495. The first-order chi connectivity index (χ1) is 13.2. The number of nitrogens with one attached hydrogen (secondary N) is 2. The normalized spacial score (nSPS) is 15.6. The van der Waals surface area contributed by atoms with Gasteiger partial charge in [-0.3, -0.25) is 9.69 Å². The molecule has 1 unspecified atom stereocenters. The van der Waals surface area contributed by atoms with E-state index in [1.165, 1.54) is 0 Å². The number of H-pyrrole nitrogens is 1. The first kappa shape index (κ1) is 20.1. The van der Waals surface area contributed by atoms with Gasteiger partial charge < -0.3 is 15.0 Å². The quantitative estimate of drug-likeness (QED) is 0.846. The minimum Gasteiger partial charge on any atom is -0.444 e. The van der Waals surface area contributed by atoms with Gasteiger partial charge in [-0.1, -0.05) is 30.3 Å². The van der Waals surface area contributed by atoms with Gasteiger partial charge >= 0.3 is 6.09 Å². The molecule has 2 heterocycles. The fourth-order valence-corrected chi connectivity index (χ4v) is 3.31. The molecule has 1 aliphatic rings. The maximum atomic E-state index is 12.6. The molecule has 0 radical (unpaired) electrons. The van der Waals surface area contributed by atoms with Gasteiger partial charge in [-0.15, -0.1) is 0 Å². The third-order valence-electron chi connectivity index (χ3n) is 4.49. The van der Waals surface area contributed by atoms with E-state index in [0.717, 1.165) is 17.8 Å². The van der Waals surface area contributed by atoms with Crippen LogP contribution in [0.4, 0.5) is 4.79 Å². The second kappa shape index (κ2) is 8.14. The van der Waals surface area contributed by atoms with Gasteiger partial charge in [0.1, 0.15) is 11.4 Å². The fraction of sp³-hybridized carbons (Fsp3) is 0.476. The van der Waals surface area contributed by atoms with Crippen LogP contribution in [0.3, 0.4) is 0 Å². The standard InChI is InChI=1S/C21H28N4O3/c1-14(22-20(27)28-21(2,3)4)12-25-11-10-17-16(13-25)19(26)24-18(23-17)15-8-6-5-7-9-15/h5-9,14H,10-13H2,1-4H3,(H,22,27)(H,23,24,26). The molecule has 1 amide bonds. The van der Waals surface area contributed by atoms with Crippen LogP contribution in [0.15, 0.2) is 35.1 Å². The summed E-state index contributed by atoms with van der Waals surface area (Å²) in [4.78, 5) is 34.3. The maximum absolute atomic E-state index is 12.6. The van der Waals surface area contributed by atoms with Crippen molar-refractivity contribution in [3.8, 4) is 11.4 Å². The highest BCUT2D eigenvalue weighted by atomic mass is 16.6. The Morgan fingerprint density at radius 2 is 2.04 bits per heavy atom. The lowest BCUT2D eigenvalue weighted by atomic mass is 10.1. The smallest absolute Gasteiger partial charge is 0.407 e. The summed E-state index contributed by atoms with van der Waals surface area (Å²) in [7, 11) is 0. The van der Waals surface area contributed by atoms with Crippen LogP contribution >= 0.6 is 0 Å². The van der Waals surface area contributed by atoms with Crippen LogP contribution in [-0.4, -0.2) is 45.7 Å². The minimum atomic E-state index is -0.525. The highest BCUT2D eigenvalue weighted by Crippen LogP contribution is 2.18. The van der Waals surface area contributed by atoms with Crippen molar-refractivity contribution in [3.63, 3.8) is 0 Å². The maximum Gasteiger partial charge on any atom is 0.407 e. The van der Waals surface area contributed by atoms with E-state index >= 15 is 0 Å². The number of hydrogen-bond acceptors (Lipinski definition) is 5. The fourth-order valence-electron chi connectivity index (χ4n) is 3.31. The van der Waals surface area contributed by atoms with Crippen LogP contribution in [0.5, 0.6) is 0 Å². The van der Waals surface area contributed by atoms with E-state index in [9.17, 15) is 9.59 Å². The van der Waals surface area contributed by atoms with E-state index in [1.807, 2.05) is 58.0 Å². The number of benzene rings is 1. The third-order valence-corrected chi connectivity index (χ3v) is 4.49. The number of amides is 1. The summed E-state index contributed by atoms with van der Waals surface area (Å²) >= 11 is 0. The molecular formula is C21H28N4O3. The molecule has 0 saturated heterocycles. The van der Waals surface area contributed by atoms with E-state index in [1.54, 1.807) is 0 Å². The predicted molar refractivity (Wildman–Crippen MR) is 108 cm³/mol. The number of aromatic amines is 1. The number of aromatic nitrogens is 2. The van der Waals surface area contributed by atoms with Crippen LogP contribution in [0.25, 0.3) is 11.4 Å². The highest BCUT2D eigenvalue weighted by Gasteiger charge is 2.24. The summed E-state index contributed by atoms with van der Waals surface area (Å²) < 4.78 is 5.29. The first-order valence-corrected chi connectivity index (χ1v) is 9.60. The zero-order valence-corrected chi connectivity index (χ0v) is 16.9. The summed E-state index contributed by atoms with van der Waals surface area (Å²) in [6.45, 7) is 9.38. The number of carbonyl (C=O) groups is 1. The lowest BCUT2D eigenvalue weighted by Gasteiger charge is -2.30. The van der Waals surface area contributed by atoms with Crippen molar-refractivity contribution < 1.29 is 9.53 Å². The second-order valence-corrected chi connectivity index (χ2v) is 8.24. The number of carbonyl (C=O) groups excluding carboxylic acids is 1. The Labute approximate surface area is 165 Å². The molecule has 0 saturated carbocycles. The molecule has 3 rings (SSSR count). The number of hydrogen-bond donors (Lipinski definition) is 2. The van der Waals surface area contributed by atoms with Crippen molar-refractivity contribution in [2.24, 2.45) is 0 Å². The minimum absolute atomic E-state index is 0.0907. The monoisotopic (exact) mass is 384 g/mol. The topological polar surface area (TPSA) is 87.3 Å². The molecule has 7 heteroatoms. The predicted octanol–water partition coefficient (Wildman–Crippen LogP) is 2.71. The molecule has 0 aliphatic carbocycles. The Morgan fingerprint density at radius 3 is 2.71 bits per heavy atom. The number of alkyl carbamates (subject to hydrolysis) is 1. The molecular weight excluding hydrogens is 356 g/mol. The number of ether oxygens (including phenoxy) is 1. The van der Waals surface area contributed by atoms with Crippen LogP contribution in [0, 0.1) is 0 Å². The van der Waals surface area contributed by atoms with Crippen molar-refractivity contribution in [2.75, 3.05) is 13.1 Å². The Bertz CT molecular complexity index is 887. The van der Waals surface area contributed by atoms with Gasteiger partial charge in [0.15, 0.2) is 0 Å². The van der Waals surface area contributed by atoms with Crippen molar-refractivity contribution in [1.82, 2.24) is 20.2 Å². The van der Waals surface area contributed by atoms with Crippen LogP contribution in [0.1, 0.15) is 39.0 Å². The molecule has 1 aromatic carbocycles. The first-order valence-electron chi connectivity index (χ1n) is 9.60. The van der Waals surface area contributed by atoms with Gasteiger partial charge in [0.25, 0.3) is 5.56 Å². The molecule has 1 aromatic heterocycles. The van der Waals surface area contributed by atoms with Gasteiger partial charge in [-0.25, -0.2) is 9.78 Å². The van der Waals surface area contributed by atoms with E-state index in [2.05, 4.69) is 20.2 Å².